The molecule has 1 aromatic carbocycles. The van der Waals surface area contributed by atoms with Crippen molar-refractivity contribution >= 4 is 10.0 Å². The van der Waals surface area contributed by atoms with Crippen LogP contribution in [0.5, 0.6) is 0 Å². The van der Waals surface area contributed by atoms with Crippen LogP contribution in [0.1, 0.15) is 12.8 Å². The quantitative estimate of drug-likeness (QED) is 0.689. The Kier molecular flexibility index (Phi) is 7.18. The molecule has 3 rings (SSSR count). The highest BCUT2D eigenvalue weighted by molar-refractivity contribution is 7.89. The summed E-state index contributed by atoms with van der Waals surface area (Å²) in [6.45, 7) is 3.70. The van der Waals surface area contributed by atoms with Crippen LogP contribution in [0.15, 0.2) is 29.2 Å². The molecule has 0 amide bonds. The van der Waals surface area contributed by atoms with Crippen LogP contribution in [0, 0.1) is 5.82 Å². The lowest BCUT2D eigenvalue weighted by Gasteiger charge is -2.34. The molecule has 0 spiro atoms. The first-order valence-corrected chi connectivity index (χ1v) is 10.7. The Balaban J connectivity index is 1.40. The highest BCUT2D eigenvalue weighted by atomic mass is 32.2. The van der Waals surface area contributed by atoms with Gasteiger partial charge in [0.1, 0.15) is 5.82 Å². The van der Waals surface area contributed by atoms with E-state index in [2.05, 4.69) is 0 Å². The molecule has 2 aliphatic heterocycles. The van der Waals surface area contributed by atoms with E-state index >= 15 is 0 Å². The number of hydrogen-bond acceptors (Lipinski definition) is 6. The Morgan fingerprint density at radius 3 is 2.56 bits per heavy atom. The standard InChI is InChI=1S/C18H27FN2O5S/c19-15-3-5-18(6-4-15)27(23,24)21-9-7-20(8-10-21)12-16(22)13-25-14-17-2-1-11-26-17/h3-6,16-17,22H,1-2,7-14H2/t16-,17+/m0/s1. The van der Waals surface area contributed by atoms with Gasteiger partial charge in [0.05, 0.1) is 30.3 Å². The third kappa shape index (κ3) is 5.69. The predicted molar refractivity (Wildman–Crippen MR) is 97.4 cm³/mol. The summed E-state index contributed by atoms with van der Waals surface area (Å²) in [5.74, 6) is -0.463. The van der Waals surface area contributed by atoms with Gasteiger partial charge >= 0.3 is 0 Å². The Bertz CT molecular complexity index is 686. The largest absolute Gasteiger partial charge is 0.389 e. The van der Waals surface area contributed by atoms with E-state index in [0.29, 0.717) is 39.3 Å². The molecule has 0 unspecified atom stereocenters. The predicted octanol–water partition coefficient (Wildman–Crippen LogP) is 0.688. The normalized spacial score (nSPS) is 23.6. The summed E-state index contributed by atoms with van der Waals surface area (Å²) in [6.07, 6.45) is 1.58. The fraction of sp³-hybridized carbons (Fsp3) is 0.667. The lowest BCUT2D eigenvalue weighted by Crippen LogP contribution is -2.50. The number of β-amino-alcohol motifs (C(OH)–C–C–N with tert-alkyl or cyclic N) is 1. The Morgan fingerprint density at radius 1 is 1.22 bits per heavy atom. The van der Waals surface area contributed by atoms with Crippen molar-refractivity contribution in [2.45, 2.75) is 29.9 Å². The first-order chi connectivity index (χ1) is 12.9. The Hall–Kier alpha value is -1.10. The van der Waals surface area contributed by atoms with Crippen LogP contribution in [0.4, 0.5) is 4.39 Å². The minimum Gasteiger partial charge on any atom is -0.389 e. The van der Waals surface area contributed by atoms with Crippen LogP contribution in [-0.2, 0) is 19.5 Å². The van der Waals surface area contributed by atoms with Crippen molar-refractivity contribution in [2.75, 3.05) is 52.5 Å². The maximum atomic E-state index is 13.0. The van der Waals surface area contributed by atoms with Gasteiger partial charge in [0, 0.05) is 39.3 Å². The molecule has 2 saturated heterocycles. The summed E-state index contributed by atoms with van der Waals surface area (Å²) in [5.41, 5.74) is 0. The van der Waals surface area contributed by atoms with Crippen molar-refractivity contribution < 1.29 is 27.4 Å². The summed E-state index contributed by atoms with van der Waals surface area (Å²) < 4.78 is 50.6. The first-order valence-electron chi connectivity index (χ1n) is 9.30. The van der Waals surface area contributed by atoms with E-state index in [9.17, 15) is 17.9 Å². The number of sulfonamides is 1. The molecule has 27 heavy (non-hydrogen) atoms. The van der Waals surface area contributed by atoms with E-state index in [-0.39, 0.29) is 17.6 Å². The smallest absolute Gasteiger partial charge is 0.243 e. The van der Waals surface area contributed by atoms with Crippen molar-refractivity contribution in [2.24, 2.45) is 0 Å². The van der Waals surface area contributed by atoms with Crippen LogP contribution < -0.4 is 0 Å². The molecular weight excluding hydrogens is 375 g/mol. The molecule has 1 aromatic rings. The van der Waals surface area contributed by atoms with Crippen molar-refractivity contribution in [3.8, 4) is 0 Å². The second-order valence-corrected chi connectivity index (χ2v) is 8.92. The zero-order valence-corrected chi connectivity index (χ0v) is 16.1. The molecule has 0 aromatic heterocycles. The third-order valence-corrected chi connectivity index (χ3v) is 6.80. The number of ether oxygens (including phenoxy) is 2. The number of piperazine rings is 1. The van der Waals surface area contributed by atoms with E-state index in [0.717, 1.165) is 31.6 Å². The number of hydrogen-bond donors (Lipinski definition) is 1. The average molecular weight is 402 g/mol. The van der Waals surface area contributed by atoms with Crippen LogP contribution in [0.25, 0.3) is 0 Å². The molecule has 7 nitrogen and oxygen atoms in total. The monoisotopic (exact) mass is 402 g/mol. The fourth-order valence-corrected chi connectivity index (χ4v) is 4.79. The van der Waals surface area contributed by atoms with E-state index in [1.165, 1.54) is 16.4 Å². The van der Waals surface area contributed by atoms with Gasteiger partial charge in [-0.1, -0.05) is 0 Å². The highest BCUT2D eigenvalue weighted by Gasteiger charge is 2.29. The van der Waals surface area contributed by atoms with Gasteiger partial charge in [0.2, 0.25) is 10.0 Å². The first kappa shape index (κ1) is 20.6. The van der Waals surface area contributed by atoms with Gasteiger partial charge in [-0.25, -0.2) is 12.8 Å². The van der Waals surface area contributed by atoms with Gasteiger partial charge < -0.3 is 14.6 Å². The summed E-state index contributed by atoms with van der Waals surface area (Å²) in [4.78, 5) is 2.12. The van der Waals surface area contributed by atoms with E-state index in [4.69, 9.17) is 9.47 Å². The van der Waals surface area contributed by atoms with Gasteiger partial charge in [-0.3, -0.25) is 4.90 Å². The zero-order chi connectivity index (χ0) is 19.3. The molecule has 152 valence electrons. The SMILES string of the molecule is O=S(=O)(c1ccc(F)cc1)N1CCN(C[C@H](O)COC[C@H]2CCCO2)CC1. The second kappa shape index (κ2) is 9.40. The molecule has 0 radical (unpaired) electrons. The lowest BCUT2D eigenvalue weighted by atomic mass is 10.2. The van der Waals surface area contributed by atoms with E-state index < -0.39 is 21.9 Å². The average Bonchev–Trinajstić information content (AvgIpc) is 3.16. The number of aliphatic hydroxyl groups excluding tert-OH is 1. The van der Waals surface area contributed by atoms with Crippen LogP contribution in [0.2, 0.25) is 0 Å². The van der Waals surface area contributed by atoms with Gasteiger partial charge in [0.15, 0.2) is 0 Å². The number of aliphatic hydroxyl groups is 1. The molecule has 2 heterocycles. The molecule has 0 aliphatic carbocycles. The Labute approximate surface area is 159 Å². The number of benzene rings is 1. The fourth-order valence-electron chi connectivity index (χ4n) is 3.37. The summed E-state index contributed by atoms with van der Waals surface area (Å²) >= 11 is 0. The van der Waals surface area contributed by atoms with Gasteiger partial charge in [-0.05, 0) is 37.1 Å². The van der Waals surface area contributed by atoms with Gasteiger partial charge in [-0.15, -0.1) is 0 Å². The molecule has 2 atom stereocenters. The number of nitrogens with zero attached hydrogens (tertiary/aromatic N) is 2. The number of rotatable bonds is 8. The molecule has 1 N–H and O–H groups in total. The van der Waals surface area contributed by atoms with E-state index in [1.54, 1.807) is 0 Å². The topological polar surface area (TPSA) is 79.3 Å². The van der Waals surface area contributed by atoms with Crippen molar-refractivity contribution in [3.05, 3.63) is 30.1 Å². The molecule has 0 saturated carbocycles. The zero-order valence-electron chi connectivity index (χ0n) is 15.3. The second-order valence-electron chi connectivity index (χ2n) is 6.98. The van der Waals surface area contributed by atoms with Crippen molar-refractivity contribution in [1.29, 1.82) is 0 Å². The van der Waals surface area contributed by atoms with Gasteiger partial charge in [-0.2, -0.15) is 4.31 Å². The lowest BCUT2D eigenvalue weighted by molar-refractivity contribution is -0.0270. The van der Waals surface area contributed by atoms with Crippen LogP contribution in [0.3, 0.4) is 0 Å². The van der Waals surface area contributed by atoms with Gasteiger partial charge in [0.25, 0.3) is 0 Å². The summed E-state index contributed by atoms with van der Waals surface area (Å²) in [5, 5.41) is 10.1. The summed E-state index contributed by atoms with van der Waals surface area (Å²) in [7, 11) is -3.62. The maximum absolute atomic E-state index is 13.0. The molecule has 0 bridgehead atoms. The van der Waals surface area contributed by atoms with Crippen LogP contribution in [-0.4, -0.2) is 87.5 Å². The third-order valence-electron chi connectivity index (χ3n) is 4.89. The molecule has 9 heteroatoms. The van der Waals surface area contributed by atoms with Crippen molar-refractivity contribution in [3.63, 3.8) is 0 Å². The highest BCUT2D eigenvalue weighted by Crippen LogP contribution is 2.18. The summed E-state index contributed by atoms with van der Waals surface area (Å²) in [6, 6.07) is 4.87. The van der Waals surface area contributed by atoms with Crippen molar-refractivity contribution in [1.82, 2.24) is 9.21 Å². The minimum absolute atomic E-state index is 0.0971. The Morgan fingerprint density at radius 2 is 1.93 bits per heavy atom. The van der Waals surface area contributed by atoms with Crippen LogP contribution >= 0.6 is 0 Å². The number of halogens is 1. The molecule has 2 aliphatic rings. The maximum Gasteiger partial charge on any atom is 0.243 e. The molecular formula is C18H27FN2O5S. The van der Waals surface area contributed by atoms with E-state index in [1.807, 2.05) is 4.90 Å². The minimum atomic E-state index is -3.62. The molecule has 2 fully saturated rings.